The quantitative estimate of drug-likeness (QED) is 0.627. The van der Waals surface area contributed by atoms with E-state index in [1.165, 1.54) is 6.07 Å². The van der Waals surface area contributed by atoms with Crippen LogP contribution >= 0.6 is 0 Å². The Hall–Kier alpha value is -2.83. The topological polar surface area (TPSA) is 89.3 Å². The van der Waals surface area contributed by atoms with Gasteiger partial charge in [0.25, 0.3) is 0 Å². The van der Waals surface area contributed by atoms with Gasteiger partial charge in [0.1, 0.15) is 11.6 Å². The maximum Gasteiger partial charge on any atom is 0.311 e. The predicted octanol–water partition coefficient (Wildman–Crippen LogP) is 3.17. The molecule has 1 aromatic carbocycles. The van der Waals surface area contributed by atoms with Gasteiger partial charge in [-0.15, -0.1) is 0 Å². The van der Waals surface area contributed by atoms with Crippen LogP contribution in [0.25, 0.3) is 0 Å². The van der Waals surface area contributed by atoms with Gasteiger partial charge in [-0.2, -0.15) is 0 Å². The lowest BCUT2D eigenvalue weighted by Crippen LogP contribution is -2.02. The Morgan fingerprint density at radius 3 is 2.81 bits per heavy atom. The maximum atomic E-state index is 11.1. The molecular weight excluding hydrogens is 272 g/mol. The van der Waals surface area contributed by atoms with Crippen molar-refractivity contribution < 1.29 is 9.66 Å². The molecule has 2 aromatic rings. The van der Waals surface area contributed by atoms with Gasteiger partial charge in [-0.1, -0.05) is 6.07 Å². The highest BCUT2D eigenvalue weighted by Crippen LogP contribution is 2.28. The third kappa shape index (κ3) is 3.59. The Balaban J connectivity index is 2.33. The summed E-state index contributed by atoms with van der Waals surface area (Å²) in [6.45, 7) is 2.44. The van der Waals surface area contributed by atoms with Crippen LogP contribution in [0.15, 0.2) is 36.4 Å². The van der Waals surface area contributed by atoms with Crippen LogP contribution in [0.5, 0.6) is 5.75 Å². The van der Waals surface area contributed by atoms with Crippen LogP contribution in [0, 0.1) is 10.1 Å². The second-order valence-electron chi connectivity index (χ2n) is 4.16. The molecule has 0 bridgehead atoms. The summed E-state index contributed by atoms with van der Waals surface area (Å²) in [5, 5.41) is 16.9. The molecule has 21 heavy (non-hydrogen) atoms. The van der Waals surface area contributed by atoms with Crippen molar-refractivity contribution >= 4 is 23.0 Å². The minimum absolute atomic E-state index is 0.0872. The first kappa shape index (κ1) is 14.6. The van der Waals surface area contributed by atoms with Crippen molar-refractivity contribution in [3.05, 3.63) is 46.5 Å². The molecule has 2 N–H and O–H groups in total. The van der Waals surface area contributed by atoms with Crippen molar-refractivity contribution in [1.29, 1.82) is 0 Å². The summed E-state index contributed by atoms with van der Waals surface area (Å²) >= 11 is 0. The zero-order valence-corrected chi connectivity index (χ0v) is 11.8. The van der Waals surface area contributed by atoms with E-state index in [9.17, 15) is 10.1 Å². The second-order valence-corrected chi connectivity index (χ2v) is 4.16. The van der Waals surface area contributed by atoms with Crippen molar-refractivity contribution in [1.82, 2.24) is 4.98 Å². The molecular formula is C14H16N4O3. The highest BCUT2D eigenvalue weighted by atomic mass is 16.6. The predicted molar refractivity (Wildman–Crippen MR) is 81.3 cm³/mol. The first-order chi connectivity index (χ1) is 10.1. The van der Waals surface area contributed by atoms with Crippen molar-refractivity contribution in [2.45, 2.75) is 6.92 Å². The van der Waals surface area contributed by atoms with Crippen LogP contribution in [-0.2, 0) is 0 Å². The molecule has 0 aliphatic heterocycles. The number of hydrogen-bond donors (Lipinski definition) is 2. The fourth-order valence-corrected chi connectivity index (χ4v) is 1.80. The number of anilines is 3. The molecule has 0 spiro atoms. The number of rotatable bonds is 6. The van der Waals surface area contributed by atoms with Crippen LogP contribution in [0.4, 0.5) is 23.0 Å². The lowest BCUT2D eigenvalue weighted by Gasteiger charge is -2.09. The molecule has 1 heterocycles. The molecule has 0 radical (unpaired) electrons. The Kier molecular flexibility index (Phi) is 4.55. The molecule has 0 saturated heterocycles. The number of nitrogens with one attached hydrogen (secondary N) is 2. The Morgan fingerprint density at radius 1 is 1.33 bits per heavy atom. The molecule has 0 saturated carbocycles. The van der Waals surface area contributed by atoms with Gasteiger partial charge in [0.2, 0.25) is 5.82 Å². The van der Waals surface area contributed by atoms with Gasteiger partial charge in [-0.3, -0.25) is 10.1 Å². The monoisotopic (exact) mass is 288 g/mol. The smallest absolute Gasteiger partial charge is 0.311 e. The molecule has 0 aliphatic carbocycles. The summed E-state index contributed by atoms with van der Waals surface area (Å²) in [6, 6.07) is 10.1. The van der Waals surface area contributed by atoms with Gasteiger partial charge in [-0.05, 0) is 25.1 Å². The fraction of sp³-hybridized carbons (Fsp3) is 0.214. The van der Waals surface area contributed by atoms with Gasteiger partial charge in [-0.25, -0.2) is 4.98 Å². The molecule has 2 rings (SSSR count). The summed E-state index contributed by atoms with van der Waals surface area (Å²) in [5.74, 6) is 1.42. The normalized spacial score (nSPS) is 10.0. The van der Waals surface area contributed by atoms with E-state index >= 15 is 0 Å². The summed E-state index contributed by atoms with van der Waals surface area (Å²) in [5.41, 5.74) is 0.584. The van der Waals surface area contributed by atoms with Crippen LogP contribution < -0.4 is 15.4 Å². The minimum atomic E-state index is -0.471. The van der Waals surface area contributed by atoms with Gasteiger partial charge >= 0.3 is 5.69 Å². The number of benzene rings is 1. The zero-order valence-electron chi connectivity index (χ0n) is 11.8. The molecule has 7 heteroatoms. The number of nitrogens with zero attached hydrogens (tertiary/aromatic N) is 2. The lowest BCUT2D eigenvalue weighted by molar-refractivity contribution is -0.384. The van der Waals surface area contributed by atoms with Crippen LogP contribution in [0.2, 0.25) is 0 Å². The summed E-state index contributed by atoms with van der Waals surface area (Å²) in [6.07, 6.45) is 0. The molecule has 110 valence electrons. The fourth-order valence-electron chi connectivity index (χ4n) is 1.80. The number of pyridine rings is 1. The number of nitro groups is 1. The molecule has 7 nitrogen and oxygen atoms in total. The number of ether oxygens (including phenoxy) is 1. The SMILES string of the molecule is CCOc1cccc(Nc2nc(NC)ccc2[N+](=O)[O-])c1. The maximum absolute atomic E-state index is 11.1. The van der Waals surface area contributed by atoms with Crippen LogP contribution in [-0.4, -0.2) is 23.6 Å². The summed E-state index contributed by atoms with van der Waals surface area (Å²) in [7, 11) is 1.70. The van der Waals surface area contributed by atoms with E-state index in [2.05, 4.69) is 15.6 Å². The third-order valence-corrected chi connectivity index (χ3v) is 2.73. The zero-order chi connectivity index (χ0) is 15.2. The van der Waals surface area contributed by atoms with Gasteiger partial charge < -0.3 is 15.4 Å². The molecule has 0 aliphatic rings. The largest absolute Gasteiger partial charge is 0.494 e. The molecule has 0 amide bonds. The molecule has 1 aromatic heterocycles. The van der Waals surface area contributed by atoms with Crippen LogP contribution in [0.3, 0.4) is 0 Å². The Bertz CT molecular complexity index is 646. The summed E-state index contributed by atoms with van der Waals surface area (Å²) in [4.78, 5) is 14.8. The van der Waals surface area contributed by atoms with Gasteiger partial charge in [0.05, 0.1) is 11.5 Å². The van der Waals surface area contributed by atoms with Crippen molar-refractivity contribution in [3.8, 4) is 5.75 Å². The van der Waals surface area contributed by atoms with E-state index in [0.29, 0.717) is 23.9 Å². The van der Waals surface area contributed by atoms with Crippen molar-refractivity contribution in [3.63, 3.8) is 0 Å². The van der Waals surface area contributed by atoms with Crippen molar-refractivity contribution in [2.24, 2.45) is 0 Å². The molecule has 0 unspecified atom stereocenters. The molecule has 0 fully saturated rings. The number of aromatic nitrogens is 1. The summed E-state index contributed by atoms with van der Waals surface area (Å²) < 4.78 is 5.40. The first-order valence-corrected chi connectivity index (χ1v) is 6.47. The first-order valence-electron chi connectivity index (χ1n) is 6.47. The highest BCUT2D eigenvalue weighted by Gasteiger charge is 2.16. The van der Waals surface area contributed by atoms with E-state index in [0.717, 1.165) is 0 Å². The average molecular weight is 288 g/mol. The van der Waals surface area contributed by atoms with E-state index in [1.54, 1.807) is 31.3 Å². The van der Waals surface area contributed by atoms with Gasteiger partial charge in [0, 0.05) is 24.9 Å². The third-order valence-electron chi connectivity index (χ3n) is 2.73. The molecule has 0 atom stereocenters. The standard InChI is InChI=1S/C14H16N4O3/c1-3-21-11-6-4-5-10(9-11)16-14-12(18(19)20)7-8-13(15-2)17-14/h4-9H,3H2,1-2H3,(H2,15,16,17). The van der Waals surface area contributed by atoms with Gasteiger partial charge in [0.15, 0.2) is 0 Å². The average Bonchev–Trinajstić information content (AvgIpc) is 2.47. The Labute approximate surface area is 122 Å². The van der Waals surface area contributed by atoms with E-state index in [-0.39, 0.29) is 11.5 Å². The van der Waals surface area contributed by atoms with E-state index in [1.807, 2.05) is 13.0 Å². The van der Waals surface area contributed by atoms with E-state index in [4.69, 9.17) is 4.74 Å². The second kappa shape index (κ2) is 6.56. The number of hydrogen-bond acceptors (Lipinski definition) is 6. The minimum Gasteiger partial charge on any atom is -0.494 e. The lowest BCUT2D eigenvalue weighted by atomic mass is 10.3. The van der Waals surface area contributed by atoms with E-state index < -0.39 is 4.92 Å². The highest BCUT2D eigenvalue weighted by molar-refractivity contribution is 5.68. The van der Waals surface area contributed by atoms with Crippen LogP contribution in [0.1, 0.15) is 6.92 Å². The van der Waals surface area contributed by atoms with Crippen molar-refractivity contribution in [2.75, 3.05) is 24.3 Å². The Morgan fingerprint density at radius 2 is 2.14 bits per heavy atom.